The van der Waals surface area contributed by atoms with Gasteiger partial charge in [-0.2, -0.15) is 0 Å². The first-order valence-electron chi connectivity index (χ1n) is 10.4. The van der Waals surface area contributed by atoms with Gasteiger partial charge < -0.3 is 20.1 Å². The summed E-state index contributed by atoms with van der Waals surface area (Å²) in [6, 6.07) is 9.10. The highest BCUT2D eigenvalue weighted by atomic mass is 16.2. The van der Waals surface area contributed by atoms with Crippen LogP contribution in [0.4, 0.5) is 11.4 Å². The Morgan fingerprint density at radius 1 is 1.13 bits per heavy atom. The van der Waals surface area contributed by atoms with Crippen molar-refractivity contribution >= 4 is 17.3 Å². The van der Waals surface area contributed by atoms with E-state index in [4.69, 9.17) is 0 Å². The number of nitrogens with one attached hydrogen (secondary N) is 2. The summed E-state index contributed by atoms with van der Waals surface area (Å²) in [5, 5.41) is 2.72. The Bertz CT molecular complexity index is 1120. The van der Waals surface area contributed by atoms with Gasteiger partial charge in [0.1, 0.15) is 5.69 Å². The van der Waals surface area contributed by atoms with Crippen molar-refractivity contribution in [2.45, 2.75) is 13.3 Å². The third-order valence-electron chi connectivity index (χ3n) is 5.49. The summed E-state index contributed by atoms with van der Waals surface area (Å²) >= 11 is 0. The molecule has 0 aliphatic carbocycles. The van der Waals surface area contributed by atoms with Gasteiger partial charge in [0.25, 0.3) is 11.5 Å². The first kappa shape index (κ1) is 20.7. The van der Waals surface area contributed by atoms with Crippen LogP contribution in [0, 0.1) is 0 Å². The summed E-state index contributed by atoms with van der Waals surface area (Å²) in [6.07, 6.45) is 5.68. The molecule has 0 unspecified atom stereocenters. The molecule has 160 valence electrons. The lowest BCUT2D eigenvalue weighted by Crippen LogP contribution is -2.44. The zero-order chi connectivity index (χ0) is 21.8. The molecule has 1 aromatic carbocycles. The predicted molar refractivity (Wildman–Crippen MR) is 122 cm³/mol. The molecule has 0 saturated carbocycles. The maximum Gasteiger partial charge on any atom is 0.271 e. The molecule has 2 N–H and O–H groups in total. The molecule has 3 aromatic rings. The van der Waals surface area contributed by atoms with Crippen molar-refractivity contribution in [2.75, 3.05) is 43.4 Å². The second-order valence-electron chi connectivity index (χ2n) is 7.67. The molecule has 4 rings (SSSR count). The number of pyridine rings is 1. The van der Waals surface area contributed by atoms with Crippen LogP contribution in [0.3, 0.4) is 0 Å². The number of likely N-dealkylation sites (N-methyl/N-ethyl adjacent to an activating group) is 1. The van der Waals surface area contributed by atoms with Crippen LogP contribution < -0.4 is 15.8 Å². The minimum atomic E-state index is -0.370. The smallest absolute Gasteiger partial charge is 0.271 e. The number of rotatable bonds is 5. The Morgan fingerprint density at radius 2 is 1.87 bits per heavy atom. The third kappa shape index (κ3) is 4.80. The fourth-order valence-corrected chi connectivity index (χ4v) is 3.52. The van der Waals surface area contributed by atoms with Gasteiger partial charge in [0.2, 0.25) is 0 Å². The lowest BCUT2D eigenvalue weighted by molar-refractivity contribution is 0.102. The number of anilines is 2. The molecule has 0 spiro atoms. The van der Waals surface area contributed by atoms with Crippen LogP contribution in [0.25, 0.3) is 11.3 Å². The van der Waals surface area contributed by atoms with Gasteiger partial charge >= 0.3 is 0 Å². The lowest BCUT2D eigenvalue weighted by atomic mass is 10.1. The monoisotopic (exact) mass is 418 g/mol. The summed E-state index contributed by atoms with van der Waals surface area (Å²) in [5.41, 5.74) is 3.58. The Balaban J connectivity index is 1.50. The van der Waals surface area contributed by atoms with Crippen molar-refractivity contribution in [2.24, 2.45) is 0 Å². The number of benzene rings is 1. The van der Waals surface area contributed by atoms with Gasteiger partial charge in [0.15, 0.2) is 0 Å². The Kier molecular flexibility index (Phi) is 6.08. The molecule has 3 heterocycles. The molecule has 0 atom stereocenters. The molecule has 8 heteroatoms. The van der Waals surface area contributed by atoms with Crippen LogP contribution in [0.5, 0.6) is 0 Å². The zero-order valence-electron chi connectivity index (χ0n) is 17.8. The van der Waals surface area contributed by atoms with E-state index in [1.807, 2.05) is 19.1 Å². The maximum absolute atomic E-state index is 12.7. The summed E-state index contributed by atoms with van der Waals surface area (Å²) in [5.74, 6) is -0.332. The van der Waals surface area contributed by atoms with Gasteiger partial charge in [0.05, 0.1) is 17.6 Å². The second-order valence-corrected chi connectivity index (χ2v) is 7.67. The van der Waals surface area contributed by atoms with Crippen molar-refractivity contribution in [3.05, 3.63) is 70.5 Å². The number of hydrogen-bond donors (Lipinski definition) is 2. The fraction of sp³-hybridized carbons (Fsp3) is 0.304. The zero-order valence-corrected chi connectivity index (χ0v) is 17.8. The van der Waals surface area contributed by atoms with Crippen molar-refractivity contribution < 1.29 is 4.79 Å². The van der Waals surface area contributed by atoms with Crippen molar-refractivity contribution in [1.29, 1.82) is 0 Å². The summed E-state index contributed by atoms with van der Waals surface area (Å²) < 4.78 is 0. The highest BCUT2D eigenvalue weighted by Gasteiger charge is 2.15. The van der Waals surface area contributed by atoms with Gasteiger partial charge in [-0.25, -0.2) is 4.98 Å². The van der Waals surface area contributed by atoms with Crippen molar-refractivity contribution in [1.82, 2.24) is 19.9 Å². The number of aromatic amines is 1. The van der Waals surface area contributed by atoms with Crippen molar-refractivity contribution in [3.8, 4) is 11.3 Å². The quantitative estimate of drug-likeness (QED) is 0.661. The van der Waals surface area contributed by atoms with E-state index in [1.165, 1.54) is 0 Å². The normalized spacial score (nSPS) is 14.5. The summed E-state index contributed by atoms with van der Waals surface area (Å²) in [6.45, 7) is 5.97. The van der Waals surface area contributed by atoms with Gasteiger partial charge in [0, 0.05) is 55.4 Å². The topological polar surface area (TPSA) is 94.2 Å². The van der Waals surface area contributed by atoms with E-state index in [0.29, 0.717) is 16.8 Å². The van der Waals surface area contributed by atoms with E-state index in [-0.39, 0.29) is 17.2 Å². The molecular formula is C23H26N6O2. The van der Waals surface area contributed by atoms with Gasteiger partial charge in [-0.1, -0.05) is 6.92 Å². The molecule has 1 aliphatic rings. The Hall–Kier alpha value is -3.52. The molecule has 1 aliphatic heterocycles. The number of amides is 1. The molecule has 1 saturated heterocycles. The second kappa shape index (κ2) is 9.09. The molecule has 1 fully saturated rings. The largest absolute Gasteiger partial charge is 0.369 e. The lowest BCUT2D eigenvalue weighted by Gasteiger charge is -2.34. The van der Waals surface area contributed by atoms with E-state index in [0.717, 1.165) is 44.0 Å². The maximum atomic E-state index is 12.7. The summed E-state index contributed by atoms with van der Waals surface area (Å²) in [4.78, 5) is 41.0. The van der Waals surface area contributed by atoms with Crippen LogP contribution in [0.2, 0.25) is 0 Å². The number of piperazine rings is 1. The van der Waals surface area contributed by atoms with Gasteiger partial charge in [-0.15, -0.1) is 0 Å². The minimum absolute atomic E-state index is 0.175. The molecule has 0 radical (unpaired) electrons. The first-order chi connectivity index (χ1) is 15.0. The molecule has 1 amide bonds. The first-order valence-corrected chi connectivity index (χ1v) is 10.4. The van der Waals surface area contributed by atoms with Crippen LogP contribution in [-0.2, 0) is 6.42 Å². The van der Waals surface area contributed by atoms with E-state index in [9.17, 15) is 9.59 Å². The molecule has 8 nitrogen and oxygen atoms in total. The predicted octanol–water partition coefficient (Wildman–Crippen LogP) is 2.40. The number of aromatic nitrogens is 3. The number of carbonyl (C=O) groups is 1. The Labute approximate surface area is 181 Å². The molecule has 2 aromatic heterocycles. The van der Waals surface area contributed by atoms with Crippen LogP contribution in [-0.4, -0.2) is 59.0 Å². The summed E-state index contributed by atoms with van der Waals surface area (Å²) in [7, 11) is 2.12. The van der Waals surface area contributed by atoms with Gasteiger partial charge in [-0.3, -0.25) is 14.6 Å². The number of aryl methyl sites for hydroxylation is 1. The number of hydrogen-bond acceptors (Lipinski definition) is 6. The van der Waals surface area contributed by atoms with Crippen LogP contribution >= 0.6 is 0 Å². The minimum Gasteiger partial charge on any atom is -0.369 e. The SMILES string of the molecule is CCc1cncc(-c2c[nH]c(=O)c(NC(=O)c3ccc(N4CCN(C)CC4)cc3)c2)n1. The molecule has 0 bridgehead atoms. The van der Waals surface area contributed by atoms with E-state index < -0.39 is 0 Å². The van der Waals surface area contributed by atoms with Crippen molar-refractivity contribution in [3.63, 3.8) is 0 Å². The highest BCUT2D eigenvalue weighted by molar-refractivity contribution is 6.04. The van der Waals surface area contributed by atoms with Crippen LogP contribution in [0.1, 0.15) is 23.0 Å². The number of carbonyl (C=O) groups excluding carboxylic acids is 1. The standard InChI is InChI=1S/C23H26N6O2/c1-3-18-14-24-15-21(26-18)17-12-20(23(31)25-13-17)27-22(30)16-4-6-19(7-5-16)29-10-8-28(2)9-11-29/h4-7,12-15H,3,8-11H2,1-2H3,(H,25,31)(H,27,30). The Morgan fingerprint density at radius 3 is 2.58 bits per heavy atom. The molecular weight excluding hydrogens is 392 g/mol. The average molecular weight is 419 g/mol. The van der Waals surface area contributed by atoms with E-state index >= 15 is 0 Å². The fourth-order valence-electron chi connectivity index (χ4n) is 3.52. The molecule has 31 heavy (non-hydrogen) atoms. The number of nitrogens with zero attached hydrogens (tertiary/aromatic N) is 4. The van der Waals surface area contributed by atoms with E-state index in [2.05, 4.69) is 37.1 Å². The van der Waals surface area contributed by atoms with Gasteiger partial charge in [-0.05, 0) is 43.8 Å². The van der Waals surface area contributed by atoms with Crippen LogP contribution in [0.15, 0.2) is 53.7 Å². The number of H-pyrrole nitrogens is 1. The average Bonchev–Trinajstić information content (AvgIpc) is 2.81. The third-order valence-corrected chi connectivity index (χ3v) is 5.49. The van der Waals surface area contributed by atoms with E-state index in [1.54, 1.807) is 36.8 Å². The highest BCUT2D eigenvalue weighted by Crippen LogP contribution is 2.20.